The fraction of sp³-hybridized carbons (Fsp3) is 1.00. The summed E-state index contributed by atoms with van der Waals surface area (Å²) >= 11 is 2.13. The molecule has 0 aromatic heterocycles. The standard InChI is InChI=1S/C5H11IN2O/c6-8-4-5-3-7-1-2-9-5/h5,7-8H,1-4H2. The second-order valence-corrected chi connectivity index (χ2v) is 2.80. The van der Waals surface area contributed by atoms with Gasteiger partial charge in [-0.15, -0.1) is 0 Å². The second kappa shape index (κ2) is 4.43. The van der Waals surface area contributed by atoms with Gasteiger partial charge in [-0.2, -0.15) is 0 Å². The normalized spacial score (nSPS) is 28.3. The quantitative estimate of drug-likeness (QED) is 0.524. The summed E-state index contributed by atoms with van der Waals surface area (Å²) in [4.78, 5) is 0. The Balaban J connectivity index is 2.08. The fourth-order valence-corrected chi connectivity index (χ4v) is 1.33. The average Bonchev–Trinajstić information content (AvgIpc) is 1.91. The first kappa shape index (κ1) is 7.71. The maximum absolute atomic E-state index is 5.39. The van der Waals surface area contributed by atoms with E-state index < -0.39 is 0 Å². The smallest absolute Gasteiger partial charge is 0.0832 e. The highest BCUT2D eigenvalue weighted by Crippen LogP contribution is 1.93. The first-order chi connectivity index (χ1) is 4.43. The lowest BCUT2D eigenvalue weighted by Crippen LogP contribution is -2.42. The monoisotopic (exact) mass is 242 g/mol. The fourth-order valence-electron chi connectivity index (χ4n) is 0.837. The summed E-state index contributed by atoms with van der Waals surface area (Å²) in [5, 5.41) is 3.25. The number of rotatable bonds is 2. The predicted octanol–water partition coefficient (Wildman–Crippen LogP) is -0.0856. The summed E-state index contributed by atoms with van der Waals surface area (Å²) in [5.74, 6) is 0. The molecule has 1 aliphatic rings. The maximum Gasteiger partial charge on any atom is 0.0832 e. The van der Waals surface area contributed by atoms with E-state index in [1.165, 1.54) is 0 Å². The summed E-state index contributed by atoms with van der Waals surface area (Å²) in [5.41, 5.74) is 0. The van der Waals surface area contributed by atoms with E-state index in [9.17, 15) is 0 Å². The maximum atomic E-state index is 5.39. The first-order valence-electron chi connectivity index (χ1n) is 3.09. The summed E-state index contributed by atoms with van der Waals surface area (Å²) in [6, 6.07) is 0. The molecule has 0 bridgehead atoms. The van der Waals surface area contributed by atoms with Gasteiger partial charge >= 0.3 is 0 Å². The van der Waals surface area contributed by atoms with Crippen LogP contribution in [-0.2, 0) is 4.74 Å². The van der Waals surface area contributed by atoms with Crippen molar-refractivity contribution in [3.8, 4) is 0 Å². The Morgan fingerprint density at radius 2 is 2.67 bits per heavy atom. The molecule has 9 heavy (non-hydrogen) atoms. The molecule has 0 spiro atoms. The minimum absolute atomic E-state index is 0.371. The number of hydrogen-bond acceptors (Lipinski definition) is 3. The van der Waals surface area contributed by atoms with Crippen LogP contribution in [0.5, 0.6) is 0 Å². The van der Waals surface area contributed by atoms with Gasteiger partial charge in [0.15, 0.2) is 0 Å². The number of halogens is 1. The molecule has 0 aromatic rings. The lowest BCUT2D eigenvalue weighted by Gasteiger charge is -2.22. The molecule has 1 atom stereocenters. The largest absolute Gasteiger partial charge is 0.374 e. The Hall–Kier alpha value is 0.610. The SMILES string of the molecule is INCC1CNCCO1. The lowest BCUT2D eigenvalue weighted by atomic mass is 10.3. The van der Waals surface area contributed by atoms with Gasteiger partial charge in [0.2, 0.25) is 0 Å². The van der Waals surface area contributed by atoms with E-state index in [4.69, 9.17) is 4.74 Å². The molecule has 0 aromatic carbocycles. The molecule has 0 amide bonds. The van der Waals surface area contributed by atoms with E-state index in [0.29, 0.717) is 6.10 Å². The highest BCUT2D eigenvalue weighted by atomic mass is 127. The van der Waals surface area contributed by atoms with Crippen LogP contribution in [0.4, 0.5) is 0 Å². The van der Waals surface area contributed by atoms with Crippen molar-refractivity contribution in [1.82, 2.24) is 8.85 Å². The molecular formula is C5H11IN2O. The molecule has 1 unspecified atom stereocenters. The minimum atomic E-state index is 0.371. The molecule has 1 heterocycles. The number of morpholine rings is 1. The summed E-state index contributed by atoms with van der Waals surface area (Å²) < 4.78 is 8.43. The molecule has 0 aliphatic carbocycles. The molecule has 1 saturated heterocycles. The molecule has 1 aliphatic heterocycles. The van der Waals surface area contributed by atoms with Crippen molar-refractivity contribution < 1.29 is 4.74 Å². The Kier molecular flexibility index (Phi) is 3.80. The van der Waals surface area contributed by atoms with E-state index in [2.05, 4.69) is 31.7 Å². The number of nitrogens with one attached hydrogen (secondary N) is 2. The lowest BCUT2D eigenvalue weighted by molar-refractivity contribution is 0.0334. The number of hydrogen-bond donors (Lipinski definition) is 2. The van der Waals surface area contributed by atoms with Crippen LogP contribution < -0.4 is 8.85 Å². The van der Waals surface area contributed by atoms with Crippen molar-refractivity contribution in [1.29, 1.82) is 0 Å². The molecule has 0 saturated carbocycles. The van der Waals surface area contributed by atoms with Gasteiger partial charge in [0, 0.05) is 42.5 Å². The van der Waals surface area contributed by atoms with Crippen LogP contribution in [0.1, 0.15) is 0 Å². The van der Waals surface area contributed by atoms with Crippen LogP contribution in [0.2, 0.25) is 0 Å². The Morgan fingerprint density at radius 3 is 3.22 bits per heavy atom. The Bertz CT molecular complexity index is 72.6. The van der Waals surface area contributed by atoms with Gasteiger partial charge in [-0.25, -0.2) is 0 Å². The third-order valence-electron chi connectivity index (χ3n) is 1.31. The zero-order valence-electron chi connectivity index (χ0n) is 5.19. The summed E-state index contributed by atoms with van der Waals surface area (Å²) in [6.07, 6.45) is 0.371. The van der Waals surface area contributed by atoms with Crippen LogP contribution in [-0.4, -0.2) is 32.3 Å². The van der Waals surface area contributed by atoms with Crippen LogP contribution in [0.25, 0.3) is 0 Å². The van der Waals surface area contributed by atoms with E-state index in [0.717, 1.165) is 26.2 Å². The zero-order chi connectivity index (χ0) is 6.53. The van der Waals surface area contributed by atoms with Crippen molar-refractivity contribution in [2.45, 2.75) is 6.10 Å². The summed E-state index contributed by atoms with van der Waals surface area (Å²) in [6.45, 7) is 3.77. The van der Waals surface area contributed by atoms with E-state index >= 15 is 0 Å². The van der Waals surface area contributed by atoms with Crippen molar-refractivity contribution in [2.24, 2.45) is 0 Å². The van der Waals surface area contributed by atoms with Crippen LogP contribution in [0, 0.1) is 0 Å². The van der Waals surface area contributed by atoms with Crippen molar-refractivity contribution in [3.63, 3.8) is 0 Å². The third kappa shape index (κ3) is 2.79. The van der Waals surface area contributed by atoms with Crippen LogP contribution in [0.3, 0.4) is 0 Å². The van der Waals surface area contributed by atoms with Gasteiger partial charge in [-0.3, -0.25) is 3.53 Å². The highest BCUT2D eigenvalue weighted by molar-refractivity contribution is 14.1. The molecule has 0 radical (unpaired) electrons. The van der Waals surface area contributed by atoms with Gasteiger partial charge in [0.1, 0.15) is 0 Å². The number of ether oxygens (including phenoxy) is 1. The van der Waals surface area contributed by atoms with Gasteiger partial charge < -0.3 is 10.1 Å². The van der Waals surface area contributed by atoms with Gasteiger partial charge in [0.25, 0.3) is 0 Å². The summed E-state index contributed by atoms with van der Waals surface area (Å²) in [7, 11) is 0. The van der Waals surface area contributed by atoms with Gasteiger partial charge in [-0.05, 0) is 0 Å². The molecular weight excluding hydrogens is 231 g/mol. The highest BCUT2D eigenvalue weighted by Gasteiger charge is 2.10. The van der Waals surface area contributed by atoms with Gasteiger partial charge in [-0.1, -0.05) is 0 Å². The zero-order valence-corrected chi connectivity index (χ0v) is 7.35. The molecule has 2 N–H and O–H groups in total. The first-order valence-corrected chi connectivity index (χ1v) is 4.17. The Morgan fingerprint density at radius 1 is 1.78 bits per heavy atom. The molecule has 3 nitrogen and oxygen atoms in total. The molecule has 1 fully saturated rings. The van der Waals surface area contributed by atoms with E-state index in [1.807, 2.05) is 0 Å². The van der Waals surface area contributed by atoms with Crippen molar-refractivity contribution in [2.75, 3.05) is 26.2 Å². The minimum Gasteiger partial charge on any atom is -0.374 e. The third-order valence-corrected chi connectivity index (χ3v) is 1.75. The molecule has 54 valence electrons. The van der Waals surface area contributed by atoms with Crippen molar-refractivity contribution in [3.05, 3.63) is 0 Å². The van der Waals surface area contributed by atoms with Crippen LogP contribution >= 0.6 is 22.9 Å². The van der Waals surface area contributed by atoms with Crippen LogP contribution in [0.15, 0.2) is 0 Å². The van der Waals surface area contributed by atoms with E-state index in [-0.39, 0.29) is 0 Å². The molecule has 4 heteroatoms. The second-order valence-electron chi connectivity index (χ2n) is 2.03. The molecule has 1 rings (SSSR count). The van der Waals surface area contributed by atoms with E-state index in [1.54, 1.807) is 0 Å². The average molecular weight is 242 g/mol. The Labute approximate surface area is 69.0 Å². The predicted molar refractivity (Wildman–Crippen MR) is 44.6 cm³/mol. The van der Waals surface area contributed by atoms with Gasteiger partial charge in [0.05, 0.1) is 12.7 Å². The topological polar surface area (TPSA) is 33.3 Å². The van der Waals surface area contributed by atoms with Crippen molar-refractivity contribution >= 4 is 22.9 Å².